The smallest absolute Gasteiger partial charge is 0.180 e. The van der Waals surface area contributed by atoms with Crippen LogP contribution in [0, 0.1) is 0 Å². The summed E-state index contributed by atoms with van der Waals surface area (Å²) in [5.41, 5.74) is 8.37. The van der Waals surface area contributed by atoms with E-state index < -0.39 is 0 Å². The molecule has 2 N–H and O–H groups in total. The quantitative estimate of drug-likeness (QED) is 0.880. The molecule has 0 unspecified atom stereocenters. The minimum Gasteiger partial charge on any atom is -0.375 e. The normalized spacial score (nSPS) is 10.6. The maximum atomic E-state index is 5.59. The Hall–Kier alpha value is -1.35. The van der Waals surface area contributed by atoms with Gasteiger partial charge in [-0.25, -0.2) is 4.98 Å². The average molecular weight is 232 g/mol. The van der Waals surface area contributed by atoms with Crippen molar-refractivity contribution in [1.82, 2.24) is 4.98 Å². The number of thiazole rings is 1. The number of anilines is 1. The molecule has 2 aromatic rings. The van der Waals surface area contributed by atoms with Crippen molar-refractivity contribution in [2.24, 2.45) is 0 Å². The van der Waals surface area contributed by atoms with Crippen LogP contribution in [0.15, 0.2) is 30.5 Å². The van der Waals surface area contributed by atoms with Gasteiger partial charge in [-0.1, -0.05) is 31.2 Å². The molecular weight excluding hydrogens is 216 g/mol. The zero-order chi connectivity index (χ0) is 11.4. The van der Waals surface area contributed by atoms with E-state index in [2.05, 4.69) is 36.2 Å². The second-order valence-corrected chi connectivity index (χ2v) is 4.98. The number of nitrogens with zero attached hydrogens (tertiary/aromatic N) is 1. The van der Waals surface area contributed by atoms with E-state index in [9.17, 15) is 0 Å². The van der Waals surface area contributed by atoms with Gasteiger partial charge in [0.2, 0.25) is 0 Å². The van der Waals surface area contributed by atoms with E-state index >= 15 is 0 Å². The second kappa shape index (κ2) is 5.12. The Morgan fingerprint density at radius 2 is 1.81 bits per heavy atom. The Morgan fingerprint density at radius 3 is 2.38 bits per heavy atom. The van der Waals surface area contributed by atoms with Crippen molar-refractivity contribution in [3.8, 4) is 0 Å². The lowest BCUT2D eigenvalue weighted by Crippen LogP contribution is -1.89. The summed E-state index contributed by atoms with van der Waals surface area (Å²) in [5, 5.41) is 0.663. The third-order valence-electron chi connectivity index (χ3n) is 2.66. The molecule has 84 valence electrons. The first-order chi connectivity index (χ1) is 7.78. The monoisotopic (exact) mass is 232 g/mol. The van der Waals surface area contributed by atoms with Gasteiger partial charge in [-0.05, 0) is 30.4 Å². The maximum Gasteiger partial charge on any atom is 0.180 e. The van der Waals surface area contributed by atoms with Crippen LogP contribution in [0.5, 0.6) is 0 Å². The number of benzene rings is 1. The van der Waals surface area contributed by atoms with Crippen LogP contribution in [0.2, 0.25) is 0 Å². The van der Waals surface area contributed by atoms with Crippen molar-refractivity contribution < 1.29 is 0 Å². The molecule has 1 aromatic carbocycles. The number of hydrogen-bond donors (Lipinski definition) is 1. The highest BCUT2D eigenvalue weighted by Crippen LogP contribution is 2.17. The van der Waals surface area contributed by atoms with Gasteiger partial charge < -0.3 is 5.73 Å². The number of hydrogen-bond acceptors (Lipinski definition) is 3. The molecule has 0 saturated heterocycles. The number of rotatable bonds is 4. The molecule has 2 nitrogen and oxygen atoms in total. The van der Waals surface area contributed by atoms with Crippen molar-refractivity contribution in [1.29, 1.82) is 0 Å². The standard InChI is InChI=1S/C13H16N2S/c1-2-10-3-5-11(6-4-10)7-8-12-9-15-13(14)16-12/h3-6,9H,2,7-8H2,1H3,(H2,14,15). The van der Waals surface area contributed by atoms with Crippen LogP contribution in [0.3, 0.4) is 0 Å². The summed E-state index contributed by atoms with van der Waals surface area (Å²) in [5.74, 6) is 0. The Kier molecular flexibility index (Phi) is 3.57. The molecule has 0 aliphatic carbocycles. The lowest BCUT2D eigenvalue weighted by Gasteiger charge is -2.01. The van der Waals surface area contributed by atoms with Crippen LogP contribution in [0.4, 0.5) is 5.13 Å². The first-order valence-electron chi connectivity index (χ1n) is 5.56. The predicted octanol–water partition coefficient (Wildman–Crippen LogP) is 3.07. The fourth-order valence-corrected chi connectivity index (χ4v) is 2.33. The predicted molar refractivity (Wildman–Crippen MR) is 69.8 cm³/mol. The Bertz CT molecular complexity index is 445. The van der Waals surface area contributed by atoms with Gasteiger partial charge in [0.1, 0.15) is 0 Å². The van der Waals surface area contributed by atoms with Gasteiger partial charge in [-0.3, -0.25) is 0 Å². The number of nitrogens with two attached hydrogens (primary N) is 1. The molecule has 0 aliphatic rings. The van der Waals surface area contributed by atoms with Gasteiger partial charge in [0, 0.05) is 11.1 Å². The van der Waals surface area contributed by atoms with E-state index in [0.29, 0.717) is 5.13 Å². The molecule has 0 fully saturated rings. The zero-order valence-electron chi connectivity index (χ0n) is 9.44. The van der Waals surface area contributed by atoms with Crippen LogP contribution in [-0.2, 0) is 19.3 Å². The van der Waals surface area contributed by atoms with E-state index in [-0.39, 0.29) is 0 Å². The van der Waals surface area contributed by atoms with Crippen molar-refractivity contribution in [2.75, 3.05) is 5.73 Å². The van der Waals surface area contributed by atoms with E-state index in [0.717, 1.165) is 19.3 Å². The molecule has 1 aromatic heterocycles. The maximum absolute atomic E-state index is 5.59. The lowest BCUT2D eigenvalue weighted by molar-refractivity contribution is 0.972. The molecule has 0 saturated carbocycles. The Morgan fingerprint density at radius 1 is 1.12 bits per heavy atom. The van der Waals surface area contributed by atoms with Crippen molar-refractivity contribution >= 4 is 16.5 Å². The van der Waals surface area contributed by atoms with E-state index in [1.54, 1.807) is 11.3 Å². The molecular formula is C13H16N2S. The number of aromatic nitrogens is 1. The van der Waals surface area contributed by atoms with E-state index in [4.69, 9.17) is 5.73 Å². The molecule has 16 heavy (non-hydrogen) atoms. The highest BCUT2D eigenvalue weighted by atomic mass is 32.1. The number of aryl methyl sites for hydroxylation is 3. The van der Waals surface area contributed by atoms with E-state index in [1.165, 1.54) is 16.0 Å². The minimum absolute atomic E-state index is 0.663. The summed E-state index contributed by atoms with van der Waals surface area (Å²) in [6.45, 7) is 2.18. The van der Waals surface area contributed by atoms with Gasteiger partial charge in [-0.2, -0.15) is 0 Å². The van der Waals surface area contributed by atoms with Crippen LogP contribution in [0.1, 0.15) is 22.9 Å². The second-order valence-electron chi connectivity index (χ2n) is 3.83. The summed E-state index contributed by atoms with van der Waals surface area (Å²) in [7, 11) is 0. The van der Waals surface area contributed by atoms with Crippen LogP contribution in [-0.4, -0.2) is 4.98 Å². The Balaban J connectivity index is 1.94. The summed E-state index contributed by atoms with van der Waals surface area (Å²) in [6.07, 6.45) is 5.07. The summed E-state index contributed by atoms with van der Waals surface area (Å²) in [4.78, 5) is 5.31. The van der Waals surface area contributed by atoms with Crippen molar-refractivity contribution in [3.63, 3.8) is 0 Å². The molecule has 0 aliphatic heterocycles. The van der Waals surface area contributed by atoms with Crippen LogP contribution >= 0.6 is 11.3 Å². The molecule has 0 spiro atoms. The third kappa shape index (κ3) is 2.83. The zero-order valence-corrected chi connectivity index (χ0v) is 10.3. The van der Waals surface area contributed by atoms with Crippen LogP contribution in [0.25, 0.3) is 0 Å². The fourth-order valence-electron chi connectivity index (χ4n) is 1.65. The van der Waals surface area contributed by atoms with Crippen molar-refractivity contribution in [3.05, 3.63) is 46.5 Å². The van der Waals surface area contributed by atoms with Gasteiger partial charge in [0.15, 0.2) is 5.13 Å². The summed E-state index contributed by atoms with van der Waals surface area (Å²) >= 11 is 1.58. The molecule has 0 radical (unpaired) electrons. The highest BCUT2D eigenvalue weighted by Gasteiger charge is 2.00. The first kappa shape index (κ1) is 11.1. The van der Waals surface area contributed by atoms with Crippen LogP contribution < -0.4 is 5.73 Å². The first-order valence-corrected chi connectivity index (χ1v) is 6.37. The Labute approximate surface area is 100 Å². The van der Waals surface area contributed by atoms with Gasteiger partial charge in [0.05, 0.1) is 0 Å². The number of nitrogen functional groups attached to an aromatic ring is 1. The summed E-state index contributed by atoms with van der Waals surface area (Å²) in [6, 6.07) is 8.83. The molecule has 0 atom stereocenters. The third-order valence-corrected chi connectivity index (χ3v) is 3.55. The lowest BCUT2D eigenvalue weighted by atomic mass is 10.1. The largest absolute Gasteiger partial charge is 0.375 e. The molecule has 2 rings (SSSR count). The summed E-state index contributed by atoms with van der Waals surface area (Å²) < 4.78 is 0. The van der Waals surface area contributed by atoms with Gasteiger partial charge >= 0.3 is 0 Å². The molecule has 1 heterocycles. The van der Waals surface area contributed by atoms with Crippen molar-refractivity contribution in [2.45, 2.75) is 26.2 Å². The molecule has 0 amide bonds. The van der Waals surface area contributed by atoms with Gasteiger partial charge in [-0.15, -0.1) is 11.3 Å². The van der Waals surface area contributed by atoms with E-state index in [1.807, 2.05) is 6.20 Å². The van der Waals surface area contributed by atoms with Gasteiger partial charge in [0.25, 0.3) is 0 Å². The topological polar surface area (TPSA) is 38.9 Å². The molecule has 3 heteroatoms. The molecule has 0 bridgehead atoms. The average Bonchev–Trinajstić information content (AvgIpc) is 2.73. The highest BCUT2D eigenvalue weighted by molar-refractivity contribution is 7.15. The minimum atomic E-state index is 0.663. The fraction of sp³-hybridized carbons (Fsp3) is 0.308. The SMILES string of the molecule is CCc1ccc(CCc2cnc(N)s2)cc1.